The fourth-order valence-electron chi connectivity index (χ4n) is 6.43. The Morgan fingerprint density at radius 1 is 1.15 bits per heavy atom. The first-order valence-corrected chi connectivity index (χ1v) is 12.5. The number of benzene rings is 2. The molecule has 6 rings (SSSR count). The van der Waals surface area contributed by atoms with Gasteiger partial charge in [-0.15, -0.1) is 0 Å². The molecule has 3 fully saturated rings. The Morgan fingerprint density at radius 2 is 1.91 bits per heavy atom. The van der Waals surface area contributed by atoms with Crippen molar-refractivity contribution in [3.8, 4) is 16.9 Å². The van der Waals surface area contributed by atoms with Gasteiger partial charge >= 0.3 is 6.09 Å². The Hall–Kier alpha value is -2.53. The number of hydrogen-bond acceptors (Lipinski definition) is 3. The minimum absolute atomic E-state index is 0.0859. The van der Waals surface area contributed by atoms with E-state index in [-0.39, 0.29) is 17.5 Å². The molecule has 2 aromatic carbocycles. The number of carbonyl (C=O) groups is 1. The molecule has 1 aliphatic carbocycles. The van der Waals surface area contributed by atoms with Crippen LogP contribution >= 0.6 is 0 Å². The predicted molar refractivity (Wildman–Crippen MR) is 131 cm³/mol. The van der Waals surface area contributed by atoms with Gasteiger partial charge in [0.05, 0.1) is 18.7 Å². The molecule has 3 heterocycles. The van der Waals surface area contributed by atoms with Crippen LogP contribution in [-0.4, -0.2) is 53.3 Å². The second-order valence-corrected chi connectivity index (χ2v) is 10.7. The molecule has 0 spiro atoms. The summed E-state index contributed by atoms with van der Waals surface area (Å²) in [5, 5.41) is 10.5. The Morgan fingerprint density at radius 3 is 2.58 bits per heavy atom. The second-order valence-electron chi connectivity index (χ2n) is 10.7. The summed E-state index contributed by atoms with van der Waals surface area (Å²) in [6.07, 6.45) is 3.42. The van der Waals surface area contributed by atoms with E-state index < -0.39 is 6.09 Å². The monoisotopic (exact) mass is 448 g/mol. The van der Waals surface area contributed by atoms with E-state index in [2.05, 4.69) is 49.1 Å². The van der Waals surface area contributed by atoms with E-state index >= 15 is 0 Å². The molecule has 0 radical (unpaired) electrons. The average Bonchev–Trinajstić information content (AvgIpc) is 2.81. The van der Waals surface area contributed by atoms with Crippen molar-refractivity contribution in [3.05, 3.63) is 53.6 Å². The average molecular weight is 449 g/mol. The lowest BCUT2D eigenvalue weighted by atomic mass is 9.68. The maximum atomic E-state index is 12.8. The Kier molecular flexibility index (Phi) is 5.86. The van der Waals surface area contributed by atoms with E-state index in [0.717, 1.165) is 56.6 Å². The summed E-state index contributed by atoms with van der Waals surface area (Å²) < 4.78 is 5.70. The Labute approximate surface area is 197 Å². The number of carboxylic acid groups (broad SMARTS) is 1. The number of ether oxygens (including phenoxy) is 1. The van der Waals surface area contributed by atoms with E-state index in [4.69, 9.17) is 4.74 Å². The van der Waals surface area contributed by atoms with Crippen molar-refractivity contribution < 1.29 is 14.6 Å². The quantitative estimate of drug-likeness (QED) is 0.624. The Balaban J connectivity index is 1.52. The molecule has 0 saturated carbocycles. The van der Waals surface area contributed by atoms with Crippen LogP contribution in [0.1, 0.15) is 57.2 Å². The molecule has 0 unspecified atom stereocenters. The first-order chi connectivity index (χ1) is 15.9. The van der Waals surface area contributed by atoms with Crippen molar-refractivity contribution >= 4 is 6.09 Å². The van der Waals surface area contributed by atoms with Gasteiger partial charge in [-0.1, -0.05) is 44.2 Å². The molecule has 2 atom stereocenters. The SMILES string of the molecule is CCOc1cccc(-c2ccc3c(c2)CCC(C)(C)[C@H]3N(C(=O)O)[C@@H]2CN3CCC2CC3)c1. The van der Waals surface area contributed by atoms with Crippen LogP contribution in [0.2, 0.25) is 0 Å². The van der Waals surface area contributed by atoms with Gasteiger partial charge in [0.25, 0.3) is 0 Å². The largest absolute Gasteiger partial charge is 0.494 e. The van der Waals surface area contributed by atoms with Crippen LogP contribution in [0.15, 0.2) is 42.5 Å². The van der Waals surface area contributed by atoms with Crippen LogP contribution in [0.5, 0.6) is 5.75 Å². The smallest absolute Gasteiger partial charge is 0.408 e. The molecule has 2 aromatic rings. The fourth-order valence-corrected chi connectivity index (χ4v) is 6.43. The molecule has 3 aliphatic heterocycles. The van der Waals surface area contributed by atoms with Crippen molar-refractivity contribution in [2.45, 2.75) is 58.5 Å². The number of amides is 1. The van der Waals surface area contributed by atoms with E-state index in [1.54, 1.807) is 0 Å². The minimum Gasteiger partial charge on any atom is -0.494 e. The third kappa shape index (κ3) is 4.12. The molecular formula is C28H36N2O3. The summed E-state index contributed by atoms with van der Waals surface area (Å²) in [5.41, 5.74) is 4.67. The van der Waals surface area contributed by atoms with Gasteiger partial charge in [-0.25, -0.2) is 4.79 Å². The number of rotatable bonds is 5. The van der Waals surface area contributed by atoms with Crippen LogP contribution in [0.25, 0.3) is 11.1 Å². The topological polar surface area (TPSA) is 53.0 Å². The first-order valence-electron chi connectivity index (χ1n) is 12.5. The molecule has 2 bridgehead atoms. The normalized spacial score (nSPS) is 27.6. The molecule has 3 saturated heterocycles. The summed E-state index contributed by atoms with van der Waals surface area (Å²) in [5.74, 6) is 1.36. The summed E-state index contributed by atoms with van der Waals surface area (Å²) in [6.45, 7) is 10.2. The number of hydrogen-bond donors (Lipinski definition) is 1. The lowest BCUT2D eigenvalue weighted by molar-refractivity contribution is -0.0352. The highest BCUT2D eigenvalue weighted by Gasteiger charge is 2.48. The maximum Gasteiger partial charge on any atom is 0.408 e. The van der Waals surface area contributed by atoms with Gasteiger partial charge in [-0.2, -0.15) is 0 Å². The zero-order chi connectivity index (χ0) is 23.2. The van der Waals surface area contributed by atoms with Gasteiger partial charge in [0.15, 0.2) is 0 Å². The maximum absolute atomic E-state index is 12.8. The summed E-state index contributed by atoms with van der Waals surface area (Å²) in [7, 11) is 0. The highest BCUT2D eigenvalue weighted by molar-refractivity contribution is 5.69. The highest BCUT2D eigenvalue weighted by Crippen LogP contribution is 2.50. The van der Waals surface area contributed by atoms with Crippen LogP contribution in [-0.2, 0) is 6.42 Å². The molecule has 1 N–H and O–H groups in total. The summed E-state index contributed by atoms with van der Waals surface area (Å²) in [6, 6.07) is 14.8. The van der Waals surface area contributed by atoms with Crippen molar-refractivity contribution in [2.75, 3.05) is 26.2 Å². The van der Waals surface area contributed by atoms with Crippen LogP contribution < -0.4 is 4.74 Å². The second kappa shape index (κ2) is 8.68. The summed E-state index contributed by atoms with van der Waals surface area (Å²) in [4.78, 5) is 17.1. The number of nitrogens with zero attached hydrogens (tertiary/aromatic N) is 2. The molecule has 5 nitrogen and oxygen atoms in total. The predicted octanol–water partition coefficient (Wildman–Crippen LogP) is 5.84. The minimum atomic E-state index is -0.770. The van der Waals surface area contributed by atoms with E-state index in [0.29, 0.717) is 12.5 Å². The molecule has 0 aromatic heterocycles. The van der Waals surface area contributed by atoms with Gasteiger partial charge < -0.3 is 14.7 Å². The third-order valence-electron chi connectivity index (χ3n) is 8.17. The Bertz CT molecular complexity index is 1030. The molecule has 5 heteroatoms. The number of fused-ring (bicyclic) bond motifs is 4. The van der Waals surface area contributed by atoms with Crippen molar-refractivity contribution in [1.29, 1.82) is 0 Å². The number of piperidine rings is 3. The zero-order valence-electron chi connectivity index (χ0n) is 20.1. The van der Waals surface area contributed by atoms with Gasteiger partial charge in [0, 0.05) is 6.54 Å². The fraction of sp³-hybridized carbons (Fsp3) is 0.536. The molecule has 176 valence electrons. The van der Waals surface area contributed by atoms with E-state index in [1.165, 1.54) is 16.7 Å². The third-order valence-corrected chi connectivity index (χ3v) is 8.17. The molecular weight excluding hydrogens is 412 g/mol. The summed E-state index contributed by atoms with van der Waals surface area (Å²) >= 11 is 0. The standard InChI is InChI=1S/C28H36N2O3/c1-4-33-23-7-5-6-20(17-23)21-8-9-24-22(16-21)10-13-28(2,3)26(24)30(27(31)32)25-18-29-14-11-19(25)12-15-29/h5-9,16-17,19,25-26H,4,10-15,18H2,1-3H3,(H,31,32)/t25-,26+/m1/s1. The van der Waals surface area contributed by atoms with Gasteiger partial charge in [-0.05, 0) is 91.4 Å². The molecule has 4 aliphatic rings. The highest BCUT2D eigenvalue weighted by atomic mass is 16.5. The van der Waals surface area contributed by atoms with Crippen molar-refractivity contribution in [2.24, 2.45) is 11.3 Å². The van der Waals surface area contributed by atoms with Gasteiger partial charge in [-0.3, -0.25) is 4.90 Å². The van der Waals surface area contributed by atoms with Crippen LogP contribution in [0.4, 0.5) is 4.79 Å². The van der Waals surface area contributed by atoms with E-state index in [1.807, 2.05) is 24.0 Å². The van der Waals surface area contributed by atoms with Gasteiger partial charge in [0.1, 0.15) is 5.75 Å². The van der Waals surface area contributed by atoms with E-state index in [9.17, 15) is 9.90 Å². The zero-order valence-corrected chi connectivity index (χ0v) is 20.1. The first kappa shape index (κ1) is 22.3. The lowest BCUT2D eigenvalue weighted by Gasteiger charge is -2.54. The van der Waals surface area contributed by atoms with Crippen molar-refractivity contribution in [3.63, 3.8) is 0 Å². The van der Waals surface area contributed by atoms with Gasteiger partial charge in [0.2, 0.25) is 0 Å². The lowest BCUT2D eigenvalue weighted by Crippen LogP contribution is -2.61. The number of aryl methyl sites for hydroxylation is 1. The molecule has 33 heavy (non-hydrogen) atoms. The van der Waals surface area contributed by atoms with Crippen LogP contribution in [0.3, 0.4) is 0 Å². The van der Waals surface area contributed by atoms with Crippen molar-refractivity contribution in [1.82, 2.24) is 9.80 Å². The molecule has 1 amide bonds. The van der Waals surface area contributed by atoms with Crippen LogP contribution in [0, 0.1) is 11.3 Å².